The van der Waals surface area contributed by atoms with Gasteiger partial charge in [0.05, 0.1) is 17.0 Å². The Morgan fingerprint density at radius 2 is 1.74 bits per heavy atom. The van der Waals surface area contributed by atoms with Crippen molar-refractivity contribution in [3.63, 3.8) is 0 Å². The van der Waals surface area contributed by atoms with Crippen molar-refractivity contribution >= 4 is 16.9 Å². The van der Waals surface area contributed by atoms with Gasteiger partial charge in [-0.15, -0.1) is 0 Å². The summed E-state index contributed by atoms with van der Waals surface area (Å²) in [5.74, 6) is 1.64. The van der Waals surface area contributed by atoms with Crippen LogP contribution >= 0.6 is 0 Å². The second-order valence-electron chi connectivity index (χ2n) is 12.1. The zero-order valence-corrected chi connectivity index (χ0v) is 22.8. The van der Waals surface area contributed by atoms with Crippen LogP contribution in [0.25, 0.3) is 10.9 Å². The predicted molar refractivity (Wildman–Crippen MR) is 142 cm³/mol. The maximum atomic E-state index is 10.0. The molecule has 35 heavy (non-hydrogen) atoms. The van der Waals surface area contributed by atoms with Crippen molar-refractivity contribution in [1.82, 2.24) is 19.9 Å². The number of aliphatic hydroxyl groups excluding tert-OH is 1. The lowest BCUT2D eigenvalue weighted by atomic mass is 9.79. The summed E-state index contributed by atoms with van der Waals surface area (Å²) < 4.78 is 6.63. The van der Waals surface area contributed by atoms with Gasteiger partial charge in [0.1, 0.15) is 6.10 Å². The van der Waals surface area contributed by atoms with Crippen LogP contribution in [0.5, 0.6) is 5.88 Å². The summed E-state index contributed by atoms with van der Waals surface area (Å²) >= 11 is 0. The fraction of sp³-hybridized carbons (Fsp3) is 0.750. The van der Waals surface area contributed by atoms with Crippen LogP contribution in [0.2, 0.25) is 0 Å². The molecule has 1 aliphatic carbocycles. The van der Waals surface area contributed by atoms with Crippen molar-refractivity contribution in [3.8, 4) is 5.88 Å². The van der Waals surface area contributed by atoms with E-state index in [1.54, 1.807) is 0 Å². The van der Waals surface area contributed by atoms with Crippen LogP contribution in [0.4, 0.5) is 5.95 Å². The molecule has 3 heterocycles. The Morgan fingerprint density at radius 1 is 1.09 bits per heavy atom. The van der Waals surface area contributed by atoms with Crippen LogP contribution in [-0.4, -0.2) is 61.3 Å². The molecular formula is C28H45N5O2. The molecule has 0 radical (unpaired) electrons. The molecular weight excluding hydrogens is 438 g/mol. The monoisotopic (exact) mass is 483 g/mol. The molecule has 1 aliphatic heterocycles. The Bertz CT molecular complexity index is 998. The van der Waals surface area contributed by atoms with Gasteiger partial charge in [-0.1, -0.05) is 13.3 Å². The van der Waals surface area contributed by atoms with Crippen LogP contribution in [0.3, 0.4) is 0 Å². The quantitative estimate of drug-likeness (QED) is 0.524. The first-order valence-electron chi connectivity index (χ1n) is 13.5. The summed E-state index contributed by atoms with van der Waals surface area (Å²) in [5, 5.41) is 14.4. The first-order valence-corrected chi connectivity index (χ1v) is 13.5. The van der Waals surface area contributed by atoms with E-state index in [1.165, 1.54) is 0 Å². The molecule has 7 nitrogen and oxygen atoms in total. The standard InChI is InChI=1S/C28H45N5O2/c1-8-9-18(2)31-26-30-17-23-24(32-26)22(19-10-12-20(34)13-11-19)16-29-25(23)35-21-14-27(3,4)33(7)28(5,6)15-21/h16-21,34H,8-15H2,1-7H3,(H,30,31,32). The summed E-state index contributed by atoms with van der Waals surface area (Å²) in [6, 6.07) is 0.312. The minimum absolute atomic E-state index is 0.0358. The molecule has 2 aromatic rings. The van der Waals surface area contributed by atoms with Crippen molar-refractivity contribution in [2.24, 2.45) is 0 Å². The van der Waals surface area contributed by atoms with Crippen LogP contribution < -0.4 is 10.1 Å². The largest absolute Gasteiger partial charge is 0.474 e. The predicted octanol–water partition coefficient (Wildman–Crippen LogP) is 5.67. The van der Waals surface area contributed by atoms with E-state index < -0.39 is 0 Å². The molecule has 0 aromatic carbocycles. The SMILES string of the molecule is CCCC(C)Nc1ncc2c(OC3CC(C)(C)N(C)C(C)(C)C3)ncc(C3CCC(O)CC3)c2n1. The van der Waals surface area contributed by atoms with Gasteiger partial charge in [-0.25, -0.2) is 15.0 Å². The molecule has 1 unspecified atom stereocenters. The zero-order valence-electron chi connectivity index (χ0n) is 22.8. The number of pyridine rings is 1. The highest BCUT2D eigenvalue weighted by atomic mass is 16.5. The lowest BCUT2D eigenvalue weighted by Gasteiger charge is -2.53. The first kappa shape index (κ1) is 26.1. The number of hydrogen-bond donors (Lipinski definition) is 2. The minimum atomic E-state index is -0.189. The van der Waals surface area contributed by atoms with Gasteiger partial charge in [0.2, 0.25) is 11.8 Å². The average Bonchev–Trinajstić information content (AvgIpc) is 2.78. The third-order valence-electron chi connectivity index (χ3n) is 8.40. The highest BCUT2D eigenvalue weighted by molar-refractivity contribution is 5.86. The third kappa shape index (κ3) is 5.72. The molecule has 7 heteroatoms. The normalized spacial score (nSPS) is 25.9. The number of aliphatic hydroxyl groups is 1. The fourth-order valence-corrected chi connectivity index (χ4v) is 6.11. The topological polar surface area (TPSA) is 83.4 Å². The molecule has 2 aliphatic rings. The number of hydrogen-bond acceptors (Lipinski definition) is 7. The number of rotatable bonds is 7. The Balaban J connectivity index is 1.68. The lowest BCUT2D eigenvalue weighted by molar-refractivity contribution is -0.0563. The van der Waals surface area contributed by atoms with E-state index in [0.29, 0.717) is 23.8 Å². The van der Waals surface area contributed by atoms with Gasteiger partial charge in [-0.2, -0.15) is 0 Å². The van der Waals surface area contributed by atoms with Crippen molar-refractivity contribution in [1.29, 1.82) is 0 Å². The van der Waals surface area contributed by atoms with Crippen LogP contribution in [0.1, 0.15) is 104 Å². The first-order chi connectivity index (χ1) is 16.5. The van der Waals surface area contributed by atoms with E-state index in [4.69, 9.17) is 14.7 Å². The highest BCUT2D eigenvalue weighted by Crippen LogP contribution is 2.41. The summed E-state index contributed by atoms with van der Waals surface area (Å²) in [4.78, 5) is 17.0. The summed E-state index contributed by atoms with van der Waals surface area (Å²) in [7, 11) is 2.21. The maximum absolute atomic E-state index is 10.0. The molecule has 4 rings (SSSR count). The van der Waals surface area contributed by atoms with Crippen molar-refractivity contribution < 1.29 is 9.84 Å². The van der Waals surface area contributed by atoms with Crippen LogP contribution in [0, 0.1) is 0 Å². The molecule has 1 atom stereocenters. The number of nitrogens with zero attached hydrogens (tertiary/aromatic N) is 4. The molecule has 0 bridgehead atoms. The van der Waals surface area contributed by atoms with Crippen molar-refractivity contribution in [3.05, 3.63) is 18.0 Å². The molecule has 1 saturated carbocycles. The van der Waals surface area contributed by atoms with E-state index >= 15 is 0 Å². The molecule has 0 spiro atoms. The van der Waals surface area contributed by atoms with E-state index in [-0.39, 0.29) is 23.3 Å². The Hall–Kier alpha value is -1.99. The average molecular weight is 484 g/mol. The molecule has 1 saturated heterocycles. The van der Waals surface area contributed by atoms with Crippen LogP contribution in [-0.2, 0) is 0 Å². The van der Waals surface area contributed by atoms with Gasteiger partial charge >= 0.3 is 0 Å². The maximum Gasteiger partial charge on any atom is 0.224 e. The number of aromatic nitrogens is 3. The molecule has 2 fully saturated rings. The number of likely N-dealkylation sites (tertiary alicyclic amines) is 1. The highest BCUT2D eigenvalue weighted by Gasteiger charge is 2.44. The second-order valence-corrected chi connectivity index (χ2v) is 12.1. The number of fused-ring (bicyclic) bond motifs is 1. The van der Waals surface area contributed by atoms with Gasteiger partial charge in [0, 0.05) is 47.9 Å². The lowest BCUT2D eigenvalue weighted by Crippen LogP contribution is -2.60. The van der Waals surface area contributed by atoms with E-state index in [1.807, 2.05) is 12.4 Å². The summed E-state index contributed by atoms with van der Waals surface area (Å²) in [6.45, 7) is 13.5. The van der Waals surface area contributed by atoms with Gasteiger partial charge < -0.3 is 15.2 Å². The number of anilines is 1. The van der Waals surface area contributed by atoms with Gasteiger partial charge in [0.15, 0.2) is 0 Å². The van der Waals surface area contributed by atoms with E-state index in [0.717, 1.165) is 67.8 Å². The van der Waals surface area contributed by atoms with Crippen molar-refractivity contribution in [2.45, 2.75) is 128 Å². The summed E-state index contributed by atoms with van der Waals surface area (Å²) in [5.41, 5.74) is 2.16. The molecule has 2 N–H and O–H groups in total. The smallest absolute Gasteiger partial charge is 0.224 e. The van der Waals surface area contributed by atoms with Gasteiger partial charge in [0.25, 0.3) is 0 Å². The fourth-order valence-electron chi connectivity index (χ4n) is 6.11. The Kier molecular flexibility index (Phi) is 7.58. The third-order valence-corrected chi connectivity index (χ3v) is 8.40. The van der Waals surface area contributed by atoms with E-state index in [2.05, 4.69) is 63.8 Å². The Morgan fingerprint density at radius 3 is 2.37 bits per heavy atom. The molecule has 2 aromatic heterocycles. The number of nitrogens with one attached hydrogen (secondary N) is 1. The Labute approximate surface area is 211 Å². The van der Waals surface area contributed by atoms with E-state index in [9.17, 15) is 5.11 Å². The van der Waals surface area contributed by atoms with Crippen molar-refractivity contribution in [2.75, 3.05) is 12.4 Å². The number of ether oxygens (including phenoxy) is 1. The van der Waals surface area contributed by atoms with Gasteiger partial charge in [-0.05, 0) is 79.7 Å². The summed E-state index contributed by atoms with van der Waals surface area (Å²) in [6.07, 6.45) is 11.4. The molecule has 194 valence electrons. The molecule has 0 amide bonds. The van der Waals surface area contributed by atoms with Gasteiger partial charge in [-0.3, -0.25) is 4.90 Å². The number of piperidine rings is 1. The minimum Gasteiger partial charge on any atom is -0.474 e. The zero-order chi connectivity index (χ0) is 25.4. The second kappa shape index (κ2) is 10.2. The van der Waals surface area contributed by atoms with Crippen LogP contribution in [0.15, 0.2) is 12.4 Å².